The van der Waals surface area contributed by atoms with Gasteiger partial charge in [0.1, 0.15) is 16.7 Å². The van der Waals surface area contributed by atoms with E-state index in [0.29, 0.717) is 34.2 Å². The number of aromatic nitrogens is 1. The molecule has 3 aliphatic rings. The number of carbonyl (C=O) groups is 1. The Morgan fingerprint density at radius 3 is 2.46 bits per heavy atom. The summed E-state index contributed by atoms with van der Waals surface area (Å²) in [5.41, 5.74) is 0.648. The van der Waals surface area contributed by atoms with Crippen LogP contribution < -0.4 is 10.1 Å². The molecule has 0 saturated carbocycles. The minimum Gasteiger partial charge on any atom is -0.456 e. The highest BCUT2D eigenvalue weighted by Gasteiger charge is 2.40. The lowest BCUT2D eigenvalue weighted by Gasteiger charge is -2.49. The number of hydrogen-bond acceptors (Lipinski definition) is 4. The predicted octanol–water partition coefficient (Wildman–Crippen LogP) is 3.74. The summed E-state index contributed by atoms with van der Waals surface area (Å²) < 4.78 is 5.72. The van der Waals surface area contributed by atoms with Gasteiger partial charge in [-0.05, 0) is 75.2 Å². The zero-order valence-corrected chi connectivity index (χ0v) is 15.4. The summed E-state index contributed by atoms with van der Waals surface area (Å²) in [6.07, 6.45) is 3.92. The summed E-state index contributed by atoms with van der Waals surface area (Å²) in [6.45, 7) is 4.53. The van der Waals surface area contributed by atoms with E-state index in [1.54, 1.807) is 42.6 Å². The van der Waals surface area contributed by atoms with E-state index in [0.717, 1.165) is 13.1 Å². The largest absolute Gasteiger partial charge is 0.456 e. The normalized spacial score (nSPS) is 27.2. The quantitative estimate of drug-likeness (QED) is 0.832. The third-order valence-corrected chi connectivity index (χ3v) is 5.75. The van der Waals surface area contributed by atoms with Crippen LogP contribution in [0.2, 0.25) is 5.15 Å². The SMILES string of the molecule is CC1C(NC(=O)c2ccc(Oc3ccc(Cl)nc3)cc2)C2CCN1CC2. The van der Waals surface area contributed by atoms with Crippen LogP contribution in [-0.2, 0) is 0 Å². The smallest absolute Gasteiger partial charge is 0.251 e. The molecule has 0 aliphatic carbocycles. The molecule has 3 saturated heterocycles. The molecule has 2 aromatic rings. The number of amides is 1. The maximum Gasteiger partial charge on any atom is 0.251 e. The second kappa shape index (κ2) is 7.25. The number of carbonyl (C=O) groups excluding carboxylic acids is 1. The Bertz CT molecular complexity index is 769. The molecule has 0 spiro atoms. The molecule has 5 rings (SSSR count). The highest BCUT2D eigenvalue weighted by Crippen LogP contribution is 2.32. The first-order valence-electron chi connectivity index (χ1n) is 9.04. The average molecular weight is 372 g/mol. The molecule has 1 aromatic carbocycles. The average Bonchev–Trinajstić information content (AvgIpc) is 2.67. The topological polar surface area (TPSA) is 54.5 Å². The van der Waals surface area contributed by atoms with Crippen LogP contribution in [0.3, 0.4) is 0 Å². The molecule has 1 amide bonds. The van der Waals surface area contributed by atoms with Gasteiger partial charge in [0.05, 0.1) is 6.20 Å². The molecule has 3 fully saturated rings. The maximum atomic E-state index is 12.6. The molecular weight excluding hydrogens is 350 g/mol. The lowest BCUT2D eigenvalue weighted by Crippen LogP contribution is -2.62. The number of rotatable bonds is 4. The molecule has 26 heavy (non-hydrogen) atoms. The number of fused-ring (bicyclic) bond motifs is 3. The van der Waals surface area contributed by atoms with Crippen molar-refractivity contribution in [3.8, 4) is 11.5 Å². The molecule has 4 heterocycles. The molecule has 2 unspecified atom stereocenters. The summed E-state index contributed by atoms with van der Waals surface area (Å²) >= 11 is 5.77. The van der Waals surface area contributed by atoms with Gasteiger partial charge in [0, 0.05) is 17.6 Å². The Morgan fingerprint density at radius 2 is 1.85 bits per heavy atom. The summed E-state index contributed by atoms with van der Waals surface area (Å²) in [5, 5.41) is 3.67. The number of ether oxygens (including phenoxy) is 1. The number of benzene rings is 1. The summed E-state index contributed by atoms with van der Waals surface area (Å²) in [7, 11) is 0. The van der Waals surface area contributed by atoms with Crippen molar-refractivity contribution < 1.29 is 9.53 Å². The first-order chi connectivity index (χ1) is 12.6. The number of piperidine rings is 3. The Kier molecular flexibility index (Phi) is 4.83. The summed E-state index contributed by atoms with van der Waals surface area (Å²) in [4.78, 5) is 19.1. The van der Waals surface area contributed by atoms with Crippen LogP contribution in [0, 0.1) is 5.92 Å². The molecule has 6 heteroatoms. The molecule has 0 radical (unpaired) electrons. The Hall–Kier alpha value is -2.11. The third kappa shape index (κ3) is 3.55. The van der Waals surface area contributed by atoms with E-state index in [1.165, 1.54) is 12.8 Å². The van der Waals surface area contributed by atoms with Crippen LogP contribution in [0.4, 0.5) is 0 Å². The van der Waals surface area contributed by atoms with Gasteiger partial charge in [0.2, 0.25) is 0 Å². The van der Waals surface area contributed by atoms with E-state index in [-0.39, 0.29) is 11.9 Å². The van der Waals surface area contributed by atoms with Gasteiger partial charge in [-0.2, -0.15) is 0 Å². The van der Waals surface area contributed by atoms with Crippen molar-refractivity contribution in [1.82, 2.24) is 15.2 Å². The van der Waals surface area contributed by atoms with Crippen molar-refractivity contribution in [2.24, 2.45) is 5.92 Å². The van der Waals surface area contributed by atoms with Gasteiger partial charge in [-0.1, -0.05) is 11.6 Å². The predicted molar refractivity (Wildman–Crippen MR) is 101 cm³/mol. The van der Waals surface area contributed by atoms with Gasteiger partial charge >= 0.3 is 0 Å². The van der Waals surface area contributed by atoms with Crippen LogP contribution in [0.25, 0.3) is 0 Å². The van der Waals surface area contributed by atoms with Crippen molar-refractivity contribution in [1.29, 1.82) is 0 Å². The monoisotopic (exact) mass is 371 g/mol. The van der Waals surface area contributed by atoms with Gasteiger partial charge in [0.15, 0.2) is 0 Å². The van der Waals surface area contributed by atoms with Crippen LogP contribution in [-0.4, -0.2) is 41.0 Å². The Morgan fingerprint density at radius 1 is 1.15 bits per heavy atom. The molecule has 3 aliphatic heterocycles. The van der Waals surface area contributed by atoms with Crippen molar-refractivity contribution in [2.75, 3.05) is 13.1 Å². The highest BCUT2D eigenvalue weighted by atomic mass is 35.5. The van der Waals surface area contributed by atoms with Gasteiger partial charge < -0.3 is 10.1 Å². The van der Waals surface area contributed by atoms with Gasteiger partial charge in [-0.3, -0.25) is 9.69 Å². The van der Waals surface area contributed by atoms with Crippen molar-refractivity contribution in [2.45, 2.75) is 31.8 Å². The first kappa shape index (κ1) is 17.3. The van der Waals surface area contributed by atoms with E-state index in [4.69, 9.17) is 16.3 Å². The van der Waals surface area contributed by atoms with Crippen molar-refractivity contribution >= 4 is 17.5 Å². The van der Waals surface area contributed by atoms with E-state index in [1.807, 2.05) is 0 Å². The summed E-state index contributed by atoms with van der Waals surface area (Å²) in [5.74, 6) is 1.84. The van der Waals surface area contributed by atoms with E-state index in [9.17, 15) is 4.79 Å². The lowest BCUT2D eigenvalue weighted by atomic mass is 9.79. The van der Waals surface area contributed by atoms with Gasteiger partial charge in [-0.25, -0.2) is 4.98 Å². The zero-order chi connectivity index (χ0) is 18.1. The lowest BCUT2D eigenvalue weighted by molar-refractivity contribution is 0.0217. The third-order valence-electron chi connectivity index (χ3n) is 5.53. The minimum atomic E-state index is -0.0182. The molecule has 136 valence electrons. The van der Waals surface area contributed by atoms with Crippen LogP contribution in [0.5, 0.6) is 11.5 Å². The van der Waals surface area contributed by atoms with E-state index >= 15 is 0 Å². The fraction of sp³-hybridized carbons (Fsp3) is 0.400. The molecule has 2 bridgehead atoms. The maximum absolute atomic E-state index is 12.6. The number of nitrogens with one attached hydrogen (secondary N) is 1. The molecule has 5 nitrogen and oxygen atoms in total. The Balaban J connectivity index is 1.40. The fourth-order valence-electron chi connectivity index (χ4n) is 4.01. The van der Waals surface area contributed by atoms with Crippen LogP contribution >= 0.6 is 11.6 Å². The summed E-state index contributed by atoms with van der Waals surface area (Å²) in [6, 6.07) is 11.2. The van der Waals surface area contributed by atoms with Crippen LogP contribution in [0.15, 0.2) is 42.6 Å². The minimum absolute atomic E-state index is 0.0182. The zero-order valence-electron chi connectivity index (χ0n) is 14.7. The number of nitrogens with zero attached hydrogens (tertiary/aromatic N) is 2. The van der Waals surface area contributed by atoms with E-state index in [2.05, 4.69) is 22.1 Å². The number of halogens is 1. The number of hydrogen-bond donors (Lipinski definition) is 1. The second-order valence-corrected chi connectivity index (χ2v) is 7.44. The number of pyridine rings is 1. The Labute approximate surface area is 158 Å². The van der Waals surface area contributed by atoms with Crippen LogP contribution in [0.1, 0.15) is 30.1 Å². The van der Waals surface area contributed by atoms with E-state index < -0.39 is 0 Å². The standard InChI is InChI=1S/C20H22ClN3O2/c1-13-19(14-8-10-24(13)11-9-14)23-20(25)15-2-4-16(5-3-15)26-17-6-7-18(21)22-12-17/h2-7,12-14,19H,8-11H2,1H3,(H,23,25). The van der Waals surface area contributed by atoms with Crippen molar-refractivity contribution in [3.63, 3.8) is 0 Å². The highest BCUT2D eigenvalue weighted by molar-refractivity contribution is 6.29. The second-order valence-electron chi connectivity index (χ2n) is 7.06. The molecule has 1 aromatic heterocycles. The van der Waals surface area contributed by atoms with Gasteiger partial charge in [-0.15, -0.1) is 0 Å². The van der Waals surface area contributed by atoms with Crippen molar-refractivity contribution in [3.05, 3.63) is 53.3 Å². The molecule has 1 N–H and O–H groups in total. The molecule has 2 atom stereocenters. The molecular formula is C20H22ClN3O2. The first-order valence-corrected chi connectivity index (χ1v) is 9.42. The van der Waals surface area contributed by atoms with Gasteiger partial charge in [0.25, 0.3) is 5.91 Å². The fourth-order valence-corrected chi connectivity index (χ4v) is 4.12.